The lowest BCUT2D eigenvalue weighted by molar-refractivity contribution is -0.122. The van der Waals surface area contributed by atoms with Gasteiger partial charge in [0, 0.05) is 52.0 Å². The molecule has 8 heteroatoms. The van der Waals surface area contributed by atoms with Crippen LogP contribution < -0.4 is 16.2 Å². The number of anilines is 2. The lowest BCUT2D eigenvalue weighted by Crippen LogP contribution is -2.28. The maximum absolute atomic E-state index is 14.7. The number of aromatic nitrogens is 3. The molecule has 2 aliphatic rings. The topological polar surface area (TPSA) is 94.7 Å². The van der Waals surface area contributed by atoms with Gasteiger partial charge >= 0.3 is 0 Å². The van der Waals surface area contributed by atoms with E-state index in [4.69, 9.17) is 4.98 Å². The van der Waals surface area contributed by atoms with Crippen LogP contribution in [-0.4, -0.2) is 27.4 Å². The molecule has 1 amide bonds. The summed E-state index contributed by atoms with van der Waals surface area (Å²) in [6, 6.07) is 20.6. The first-order chi connectivity index (χ1) is 19.6. The third-order valence-electron chi connectivity index (χ3n) is 7.68. The van der Waals surface area contributed by atoms with E-state index in [0.717, 1.165) is 69.6 Å². The van der Waals surface area contributed by atoms with Crippen molar-refractivity contribution in [2.75, 3.05) is 17.3 Å². The van der Waals surface area contributed by atoms with Gasteiger partial charge < -0.3 is 15.7 Å². The lowest BCUT2D eigenvalue weighted by Gasteiger charge is -2.24. The highest BCUT2D eigenvalue weighted by atomic mass is 19.1. The van der Waals surface area contributed by atoms with E-state index in [-0.39, 0.29) is 17.6 Å². The molecule has 1 saturated carbocycles. The molecular formula is C32H27FN6O. The van der Waals surface area contributed by atoms with Crippen molar-refractivity contribution in [2.45, 2.75) is 19.3 Å². The van der Waals surface area contributed by atoms with Gasteiger partial charge in [-0.3, -0.25) is 9.78 Å². The Kier molecular flexibility index (Phi) is 6.09. The van der Waals surface area contributed by atoms with Crippen molar-refractivity contribution in [2.24, 2.45) is 5.92 Å². The number of fused-ring (bicyclic) bond motifs is 2. The molecular weight excluding hydrogens is 503 g/mol. The normalized spacial score (nSPS) is 15.0. The number of hydrogen-bond donors (Lipinski definition) is 4. The van der Waals surface area contributed by atoms with E-state index in [1.165, 1.54) is 6.07 Å². The van der Waals surface area contributed by atoms with E-state index in [1.807, 2.05) is 42.5 Å². The Hall–Kier alpha value is -4.82. The van der Waals surface area contributed by atoms with E-state index in [2.05, 4.69) is 38.3 Å². The quantitative estimate of drug-likeness (QED) is 0.207. The molecule has 7 nitrogen and oxygen atoms in total. The van der Waals surface area contributed by atoms with Crippen molar-refractivity contribution >= 4 is 33.8 Å². The van der Waals surface area contributed by atoms with Crippen molar-refractivity contribution in [3.63, 3.8) is 0 Å². The maximum atomic E-state index is 14.7. The monoisotopic (exact) mass is 530 g/mol. The number of carbonyl (C=O) groups excluding carboxylic acids is 1. The summed E-state index contributed by atoms with van der Waals surface area (Å²) in [4.78, 5) is 25.4. The zero-order valence-corrected chi connectivity index (χ0v) is 21.7. The molecule has 4 heterocycles. The summed E-state index contributed by atoms with van der Waals surface area (Å²) in [5.74, 6) is -0.110. The van der Waals surface area contributed by atoms with Crippen LogP contribution >= 0.6 is 0 Å². The third-order valence-corrected chi connectivity index (χ3v) is 7.68. The minimum Gasteiger partial charge on any atom is -0.354 e. The smallest absolute Gasteiger partial charge is 0.227 e. The number of H-pyrrole nitrogens is 1. The third kappa shape index (κ3) is 4.42. The zero-order valence-electron chi connectivity index (χ0n) is 21.7. The van der Waals surface area contributed by atoms with Crippen molar-refractivity contribution in [3.05, 3.63) is 102 Å². The molecule has 40 heavy (non-hydrogen) atoms. The van der Waals surface area contributed by atoms with Crippen molar-refractivity contribution in [1.29, 1.82) is 0 Å². The minimum absolute atomic E-state index is 0.0501. The van der Waals surface area contributed by atoms with Crippen LogP contribution in [0.15, 0.2) is 85.2 Å². The zero-order chi connectivity index (χ0) is 27.1. The number of halogens is 1. The molecule has 0 radical (unpaired) electrons. The van der Waals surface area contributed by atoms with Gasteiger partial charge in [-0.1, -0.05) is 42.8 Å². The van der Waals surface area contributed by atoms with E-state index in [9.17, 15) is 9.18 Å². The SMILES string of the molecule is O=C(Nc1cncc(-c2ccc3c(n2)C(c2cc4c(-c5ccccc5F)cccc4[nH]2)=CCNN3)c1)C1CCC1. The van der Waals surface area contributed by atoms with Crippen LogP contribution in [0.5, 0.6) is 0 Å². The second kappa shape index (κ2) is 10.1. The number of hydrazine groups is 1. The molecule has 5 aromatic rings. The predicted octanol–water partition coefficient (Wildman–Crippen LogP) is 6.53. The molecule has 3 aromatic heterocycles. The molecule has 1 fully saturated rings. The highest BCUT2D eigenvalue weighted by molar-refractivity contribution is 5.99. The first kappa shape index (κ1) is 24.2. The largest absolute Gasteiger partial charge is 0.354 e. The van der Waals surface area contributed by atoms with Gasteiger partial charge in [-0.2, -0.15) is 0 Å². The summed E-state index contributed by atoms with van der Waals surface area (Å²) in [7, 11) is 0. The second-order valence-electron chi connectivity index (χ2n) is 10.2. The van der Waals surface area contributed by atoms with Gasteiger partial charge in [0.1, 0.15) is 5.82 Å². The fourth-order valence-corrected chi connectivity index (χ4v) is 5.34. The maximum Gasteiger partial charge on any atom is 0.227 e. The minimum atomic E-state index is -0.254. The van der Waals surface area contributed by atoms with Crippen molar-refractivity contribution in [3.8, 4) is 22.4 Å². The van der Waals surface area contributed by atoms with E-state index in [1.54, 1.807) is 24.5 Å². The van der Waals surface area contributed by atoms with Crippen LogP contribution in [0, 0.1) is 11.7 Å². The molecule has 0 saturated heterocycles. The van der Waals surface area contributed by atoms with Gasteiger partial charge in [-0.05, 0) is 54.8 Å². The highest BCUT2D eigenvalue weighted by Crippen LogP contribution is 2.36. The number of carbonyl (C=O) groups is 1. The van der Waals surface area contributed by atoms with Crippen LogP contribution in [0.4, 0.5) is 15.8 Å². The second-order valence-corrected chi connectivity index (χ2v) is 10.2. The van der Waals surface area contributed by atoms with Crippen LogP contribution in [0.1, 0.15) is 30.7 Å². The Morgan fingerprint density at radius 2 is 1.85 bits per heavy atom. The number of aromatic amines is 1. The van der Waals surface area contributed by atoms with Crippen LogP contribution in [0.3, 0.4) is 0 Å². The fourth-order valence-electron chi connectivity index (χ4n) is 5.34. The molecule has 0 unspecified atom stereocenters. The van der Waals surface area contributed by atoms with E-state index in [0.29, 0.717) is 17.8 Å². The standard InChI is InChI=1S/C32H27FN6O/c33-26-9-2-1-7-23(26)22-8-4-10-28-25(22)16-30(37-28)24-13-14-35-39-29-12-11-27(38-31(24)29)20-15-21(18-34-17-20)36-32(40)19-5-3-6-19/h1-2,4,7-13,15-19,35,37,39H,3,5-6,14H2,(H,36,40). The average Bonchev–Trinajstić information content (AvgIpc) is 3.26. The Morgan fingerprint density at radius 3 is 2.70 bits per heavy atom. The molecule has 0 atom stereocenters. The highest BCUT2D eigenvalue weighted by Gasteiger charge is 2.25. The number of amides is 1. The van der Waals surface area contributed by atoms with Gasteiger partial charge in [-0.15, -0.1) is 0 Å². The molecule has 0 spiro atoms. The Bertz CT molecular complexity index is 1790. The Morgan fingerprint density at radius 1 is 0.975 bits per heavy atom. The molecule has 198 valence electrons. The van der Waals surface area contributed by atoms with E-state index < -0.39 is 0 Å². The van der Waals surface area contributed by atoms with E-state index >= 15 is 0 Å². The average molecular weight is 531 g/mol. The Balaban J connectivity index is 1.27. The van der Waals surface area contributed by atoms with Gasteiger partial charge in [-0.25, -0.2) is 14.8 Å². The summed E-state index contributed by atoms with van der Waals surface area (Å²) in [6.45, 7) is 0.584. The van der Waals surface area contributed by atoms with Gasteiger partial charge in [0.15, 0.2) is 0 Å². The number of hydrogen-bond acceptors (Lipinski definition) is 5. The summed E-state index contributed by atoms with van der Waals surface area (Å²) >= 11 is 0. The molecule has 1 aliphatic carbocycles. The number of nitrogens with zero attached hydrogens (tertiary/aromatic N) is 2. The van der Waals surface area contributed by atoms with Crippen molar-refractivity contribution in [1.82, 2.24) is 20.4 Å². The number of benzene rings is 2. The van der Waals surface area contributed by atoms with Crippen LogP contribution in [0.2, 0.25) is 0 Å². The summed E-state index contributed by atoms with van der Waals surface area (Å²) in [5.41, 5.74) is 14.4. The molecule has 1 aliphatic heterocycles. The molecule has 7 rings (SSSR count). The van der Waals surface area contributed by atoms with Gasteiger partial charge in [0.25, 0.3) is 0 Å². The Labute approximate surface area is 230 Å². The lowest BCUT2D eigenvalue weighted by atomic mass is 9.85. The summed E-state index contributed by atoms with van der Waals surface area (Å²) in [6.07, 6.45) is 8.49. The molecule has 2 aromatic carbocycles. The fraction of sp³-hybridized carbons (Fsp3) is 0.156. The number of pyridine rings is 2. The van der Waals surface area contributed by atoms with Gasteiger partial charge in [0.2, 0.25) is 5.91 Å². The van der Waals surface area contributed by atoms with Crippen LogP contribution in [-0.2, 0) is 4.79 Å². The number of nitrogens with one attached hydrogen (secondary N) is 4. The summed E-state index contributed by atoms with van der Waals surface area (Å²) in [5, 5.41) is 3.94. The number of rotatable bonds is 5. The predicted molar refractivity (Wildman–Crippen MR) is 156 cm³/mol. The molecule has 0 bridgehead atoms. The van der Waals surface area contributed by atoms with Gasteiger partial charge in [0.05, 0.1) is 29.0 Å². The van der Waals surface area contributed by atoms with Crippen molar-refractivity contribution < 1.29 is 9.18 Å². The molecule has 4 N–H and O–H groups in total. The van der Waals surface area contributed by atoms with Crippen LogP contribution in [0.25, 0.3) is 38.9 Å². The summed E-state index contributed by atoms with van der Waals surface area (Å²) < 4.78 is 14.7. The first-order valence-corrected chi connectivity index (χ1v) is 13.5. The first-order valence-electron chi connectivity index (χ1n) is 13.5.